The third kappa shape index (κ3) is 16.2. The van der Waals surface area contributed by atoms with E-state index in [9.17, 15) is 34.0 Å². The van der Waals surface area contributed by atoms with E-state index < -0.39 is 47.1 Å². The van der Waals surface area contributed by atoms with Crippen molar-refractivity contribution in [1.29, 1.82) is 5.26 Å². The van der Waals surface area contributed by atoms with Crippen LogP contribution in [0.15, 0.2) is 62.7 Å². The molecule has 0 spiro atoms. The number of hydrogen-bond acceptors (Lipinski definition) is 15. The third-order valence-corrected chi connectivity index (χ3v) is 16.5. The number of allylic oxidation sites excluding steroid dienone is 1. The number of hydrogen-bond donors (Lipinski definition) is 0. The third-order valence-electron chi connectivity index (χ3n) is 13.9. The maximum atomic E-state index is 14.0. The van der Waals surface area contributed by atoms with Crippen molar-refractivity contribution >= 4 is 59.3 Å². The second-order valence-electron chi connectivity index (χ2n) is 19.5. The zero-order chi connectivity index (χ0) is 52.4. The standard InChI is InChI=1S/C54H64N2O12S2.C2H6/c1-7-33-9-13-35(14-10-33)36-15-17-38(18-16-36)51(61)67-43-31-41(54(3,4)5)47(49-48(43)69-53(70-49)42(32-55)56-6)68-52(62)39-21-19-37(20-22-39)50(60)66-40-23-11-34(12-24-40)27-28-63-45(58)25-26-46(59)65-30-29-64-44(57)8-2;1-2/h8,11-12,23-24,31,33,35-39H,2,7,9-10,13-22,25-30H2,1,3-5H3;1-2H3/b53-42-;. The van der Waals surface area contributed by atoms with Gasteiger partial charge in [0, 0.05) is 18.1 Å². The van der Waals surface area contributed by atoms with Gasteiger partial charge in [0.1, 0.15) is 30.5 Å². The van der Waals surface area contributed by atoms with Crippen LogP contribution in [0.2, 0.25) is 0 Å². The summed E-state index contributed by atoms with van der Waals surface area (Å²) in [7, 11) is 0. The summed E-state index contributed by atoms with van der Waals surface area (Å²) in [6.07, 6.45) is 12.7. The Labute approximate surface area is 433 Å². The fraction of sp³-hybridized carbons (Fsp3) is 0.571. The molecule has 0 N–H and O–H groups in total. The van der Waals surface area contributed by atoms with Crippen LogP contribution in [-0.2, 0) is 54.8 Å². The van der Waals surface area contributed by atoms with Crippen molar-refractivity contribution in [1.82, 2.24) is 0 Å². The summed E-state index contributed by atoms with van der Waals surface area (Å²) in [4.78, 5) is 80.7. The highest BCUT2D eigenvalue weighted by molar-refractivity contribution is 8.24. The highest BCUT2D eigenvalue weighted by atomic mass is 32.2. The summed E-state index contributed by atoms with van der Waals surface area (Å²) in [6, 6.07) is 10.6. The van der Waals surface area contributed by atoms with Crippen LogP contribution >= 0.6 is 23.5 Å². The van der Waals surface area contributed by atoms with Crippen LogP contribution in [0.4, 0.5) is 0 Å². The largest absolute Gasteiger partial charge is 0.465 e. The van der Waals surface area contributed by atoms with Crippen LogP contribution in [0.25, 0.3) is 4.85 Å². The summed E-state index contributed by atoms with van der Waals surface area (Å²) >= 11 is 2.37. The number of ether oxygens (including phenoxy) is 6. The number of rotatable bonds is 18. The highest BCUT2D eigenvalue weighted by Crippen LogP contribution is 2.61. The lowest BCUT2D eigenvalue weighted by atomic mass is 9.69. The van der Waals surface area contributed by atoms with E-state index >= 15 is 0 Å². The van der Waals surface area contributed by atoms with Crippen molar-refractivity contribution in [2.45, 2.75) is 159 Å². The SMILES string of the molecule is CC.[C-]#[N+]/C(C#N)=C1/Sc2c(OC(=O)C3CCC(C4CCC(CC)CC4)CC3)cc(C(C)(C)C)c(OC(=O)C3CCC(C(=O)Oc4ccc(CCOC(=O)CCC(=O)OCCOC(=O)C=C)cc4)CC3)c2S1. The smallest absolute Gasteiger partial charge is 0.330 e. The second kappa shape index (κ2) is 28.0. The number of carbonyl (C=O) groups excluding carboxylic acids is 6. The highest BCUT2D eigenvalue weighted by Gasteiger charge is 2.39. The molecule has 6 rings (SSSR count). The van der Waals surface area contributed by atoms with Crippen molar-refractivity contribution in [3.8, 4) is 23.3 Å². The predicted octanol–water partition coefficient (Wildman–Crippen LogP) is 12.2. The molecule has 0 bridgehead atoms. The number of nitrogens with zero attached hydrogens (tertiary/aromatic N) is 2. The molecule has 0 radical (unpaired) electrons. The van der Waals surface area contributed by atoms with E-state index in [0.717, 1.165) is 49.2 Å². The van der Waals surface area contributed by atoms with Gasteiger partial charge in [-0.15, -0.1) is 0 Å². The maximum absolute atomic E-state index is 14.0. The molecule has 3 aliphatic carbocycles. The minimum Gasteiger partial charge on any atom is -0.465 e. The van der Waals surface area contributed by atoms with Crippen molar-refractivity contribution in [2.75, 3.05) is 19.8 Å². The molecule has 14 nitrogen and oxygen atoms in total. The van der Waals surface area contributed by atoms with Gasteiger partial charge in [-0.1, -0.05) is 103 Å². The van der Waals surface area contributed by atoms with Crippen molar-refractivity contribution in [3.05, 3.63) is 75.5 Å². The zero-order valence-corrected chi connectivity index (χ0v) is 44.3. The molecule has 16 heteroatoms. The summed E-state index contributed by atoms with van der Waals surface area (Å²) in [5, 5.41) is 9.83. The number of fused-ring (bicyclic) bond motifs is 1. The number of nitriles is 1. The molecular formula is C56H70N2O12S2. The van der Waals surface area contributed by atoms with E-state index in [1.54, 1.807) is 30.3 Å². The van der Waals surface area contributed by atoms with E-state index in [0.29, 0.717) is 74.9 Å². The van der Waals surface area contributed by atoms with Gasteiger partial charge >= 0.3 is 35.8 Å². The number of thioether (sulfide) groups is 2. The summed E-state index contributed by atoms with van der Waals surface area (Å²) in [6.45, 7) is 23.0. The van der Waals surface area contributed by atoms with Crippen molar-refractivity contribution < 1.29 is 57.2 Å². The molecule has 1 aliphatic heterocycles. The number of carbonyl (C=O) groups is 6. The van der Waals surface area contributed by atoms with Gasteiger partial charge in [-0.3, -0.25) is 24.0 Å². The summed E-state index contributed by atoms with van der Waals surface area (Å²) in [5.74, 6) is -0.805. The number of esters is 6. The molecule has 0 saturated heterocycles. The lowest BCUT2D eigenvalue weighted by molar-refractivity contribution is -0.152. The first-order valence-electron chi connectivity index (χ1n) is 25.5. The van der Waals surface area contributed by atoms with Gasteiger partial charge in [0.05, 0.1) is 63.9 Å². The fourth-order valence-electron chi connectivity index (χ4n) is 9.69. The van der Waals surface area contributed by atoms with Crippen LogP contribution in [0.5, 0.6) is 17.2 Å². The molecule has 2 aromatic carbocycles. The summed E-state index contributed by atoms with van der Waals surface area (Å²) in [5.41, 5.74) is 0.843. The van der Waals surface area contributed by atoms with E-state index in [1.807, 2.05) is 40.7 Å². The van der Waals surface area contributed by atoms with Gasteiger partial charge in [0.25, 0.3) is 5.70 Å². The molecular weight excluding hydrogens is 957 g/mol. The van der Waals surface area contributed by atoms with Gasteiger partial charge in [0.15, 0.2) is 0 Å². The first-order valence-corrected chi connectivity index (χ1v) is 27.2. The Balaban J connectivity index is 0.00000475. The van der Waals surface area contributed by atoms with Gasteiger partial charge < -0.3 is 28.4 Å². The second-order valence-corrected chi connectivity index (χ2v) is 21.8. The Morgan fingerprint density at radius 1 is 0.722 bits per heavy atom. The summed E-state index contributed by atoms with van der Waals surface area (Å²) < 4.78 is 33.6. The molecule has 1 heterocycles. The van der Waals surface area contributed by atoms with Crippen LogP contribution in [0.3, 0.4) is 0 Å². The van der Waals surface area contributed by atoms with Crippen LogP contribution in [0, 0.1) is 53.4 Å². The molecule has 72 heavy (non-hydrogen) atoms. The molecule has 0 atom stereocenters. The zero-order valence-electron chi connectivity index (χ0n) is 42.7. The fourth-order valence-corrected chi connectivity index (χ4v) is 12.2. The quantitative estimate of drug-likeness (QED) is 0.0261. The lowest BCUT2D eigenvalue weighted by Crippen LogP contribution is -2.31. The number of benzene rings is 2. The Kier molecular flexibility index (Phi) is 22.3. The maximum Gasteiger partial charge on any atom is 0.330 e. The molecule has 4 aliphatic rings. The van der Waals surface area contributed by atoms with E-state index in [4.69, 9.17) is 35.0 Å². The Hall–Kier alpha value is -5.58. The van der Waals surface area contributed by atoms with Gasteiger partial charge in [-0.2, -0.15) is 0 Å². The van der Waals surface area contributed by atoms with Crippen LogP contribution in [0.1, 0.15) is 149 Å². The van der Waals surface area contributed by atoms with Gasteiger partial charge in [0.2, 0.25) is 0 Å². The first kappa shape index (κ1) is 57.3. The molecule has 388 valence electrons. The first-order chi connectivity index (χ1) is 34.6. The lowest BCUT2D eigenvalue weighted by Gasteiger charge is -2.37. The predicted molar refractivity (Wildman–Crippen MR) is 273 cm³/mol. The molecule has 3 saturated carbocycles. The Morgan fingerprint density at radius 2 is 1.22 bits per heavy atom. The van der Waals surface area contributed by atoms with Crippen LogP contribution < -0.4 is 14.2 Å². The average molecular weight is 1030 g/mol. The topological polar surface area (TPSA) is 186 Å². The van der Waals surface area contributed by atoms with E-state index in [-0.39, 0.29) is 50.2 Å². The molecule has 2 aromatic rings. The molecule has 0 amide bonds. The minimum atomic E-state index is -0.627. The van der Waals surface area contributed by atoms with Crippen molar-refractivity contribution in [2.24, 2.45) is 35.5 Å². The Morgan fingerprint density at radius 3 is 1.75 bits per heavy atom. The molecule has 0 unspecified atom stereocenters. The monoisotopic (exact) mass is 1030 g/mol. The van der Waals surface area contributed by atoms with E-state index in [1.165, 1.54) is 55.6 Å². The molecule has 0 aromatic heterocycles. The Bertz CT molecular complexity index is 2350. The van der Waals surface area contributed by atoms with Crippen molar-refractivity contribution in [3.63, 3.8) is 0 Å². The van der Waals surface area contributed by atoms with Gasteiger partial charge in [-0.25, -0.2) is 14.9 Å². The minimum absolute atomic E-state index is 0.0811. The van der Waals surface area contributed by atoms with Gasteiger partial charge in [-0.05, 0) is 111 Å². The normalized spacial score (nSPS) is 22.2. The average Bonchev–Trinajstić information content (AvgIpc) is 3.84. The van der Waals surface area contributed by atoms with Crippen LogP contribution in [-0.4, -0.2) is 55.6 Å². The van der Waals surface area contributed by atoms with E-state index in [2.05, 4.69) is 18.3 Å². The molecule has 3 fully saturated rings.